The van der Waals surface area contributed by atoms with Crippen LogP contribution in [0, 0.1) is 28.5 Å². The van der Waals surface area contributed by atoms with Gasteiger partial charge < -0.3 is 24.5 Å². The van der Waals surface area contributed by atoms with Crippen LogP contribution in [0.25, 0.3) is 11.1 Å². The quantitative estimate of drug-likeness (QED) is 0.251. The molecule has 2 saturated heterocycles. The largest absolute Gasteiger partial charge is 0.465 e. The summed E-state index contributed by atoms with van der Waals surface area (Å²) in [7, 11) is 0. The molecular formula is C38H45FN6O3. The van der Waals surface area contributed by atoms with Crippen molar-refractivity contribution in [2.75, 3.05) is 37.6 Å². The van der Waals surface area contributed by atoms with Crippen LogP contribution in [0.15, 0.2) is 48.9 Å². The number of carboxylic acid groups (broad SMARTS) is 1. The number of rotatable bonds is 9. The Balaban J connectivity index is 0.948. The molecule has 2 aromatic carbocycles. The molecule has 4 aliphatic rings. The molecule has 4 fully saturated rings. The Morgan fingerprint density at radius 2 is 1.79 bits per heavy atom. The summed E-state index contributed by atoms with van der Waals surface area (Å²) in [4.78, 5) is 27.2. The van der Waals surface area contributed by atoms with E-state index in [2.05, 4.69) is 25.8 Å². The van der Waals surface area contributed by atoms with Crippen molar-refractivity contribution < 1.29 is 19.0 Å². The standard InChI is InChI=1S/C38H45FN6O3/c1-37(2,3)45(36(46)47)29-10-4-25(5-11-29)14-15-43-20-38(21-43)22-44(23-38)35-34(19-41-24-42-35)48-33-13-9-28(39)17-32(33)30-12-6-26(18-40)16-31(30)27-7-8-27/h6,9,12-13,16-17,19,24-25,27,29H,4-5,7-8,10-11,14-15,20-23H2,1-3H3,(H,46,47). The lowest BCUT2D eigenvalue weighted by Gasteiger charge is -2.61. The molecule has 3 aromatic rings. The first-order chi connectivity index (χ1) is 23.0. The molecular weight excluding hydrogens is 607 g/mol. The molecule has 0 bridgehead atoms. The van der Waals surface area contributed by atoms with E-state index in [1.807, 2.05) is 32.9 Å². The highest BCUT2D eigenvalue weighted by atomic mass is 19.1. The summed E-state index contributed by atoms with van der Waals surface area (Å²) in [6.45, 7) is 11.0. The number of nitrogens with zero attached hydrogens (tertiary/aromatic N) is 6. The zero-order valence-corrected chi connectivity index (χ0v) is 28.2. The van der Waals surface area contributed by atoms with Crippen LogP contribution in [-0.4, -0.2) is 75.3 Å². The van der Waals surface area contributed by atoms with E-state index in [9.17, 15) is 19.6 Å². The smallest absolute Gasteiger partial charge is 0.407 e. The fourth-order valence-electron chi connectivity index (χ4n) is 8.37. The average Bonchev–Trinajstić information content (AvgIpc) is 3.86. The van der Waals surface area contributed by atoms with Gasteiger partial charge in [0.05, 0.1) is 17.8 Å². The Morgan fingerprint density at radius 1 is 1.04 bits per heavy atom. The van der Waals surface area contributed by atoms with E-state index < -0.39 is 6.09 Å². The SMILES string of the molecule is CC(C)(C)N(C(=O)O)C1CCC(CCN2CC3(C2)CN(c2ncncc2Oc2ccc(F)cc2-c2ccc(C#N)cc2C2CC2)C3)CC1. The van der Waals surface area contributed by atoms with Gasteiger partial charge in [0.25, 0.3) is 0 Å². The van der Waals surface area contributed by atoms with Gasteiger partial charge >= 0.3 is 6.09 Å². The fraction of sp³-hybridized carbons (Fsp3) is 0.526. The lowest BCUT2D eigenvalue weighted by molar-refractivity contribution is -0.0266. The van der Waals surface area contributed by atoms with Gasteiger partial charge in [-0.3, -0.25) is 0 Å². The number of carbonyl (C=O) groups is 1. The van der Waals surface area contributed by atoms with Crippen molar-refractivity contribution in [3.05, 3.63) is 65.9 Å². The van der Waals surface area contributed by atoms with E-state index in [1.165, 1.54) is 18.6 Å². The Hall–Kier alpha value is -4.23. The van der Waals surface area contributed by atoms with E-state index in [4.69, 9.17) is 4.74 Å². The minimum absolute atomic E-state index is 0.119. The average molecular weight is 653 g/mol. The van der Waals surface area contributed by atoms with Gasteiger partial charge in [-0.2, -0.15) is 5.26 Å². The number of ether oxygens (including phenoxy) is 1. The zero-order valence-electron chi connectivity index (χ0n) is 28.2. The van der Waals surface area contributed by atoms with Gasteiger partial charge in [0.1, 0.15) is 17.9 Å². The third kappa shape index (κ3) is 6.57. The van der Waals surface area contributed by atoms with Gasteiger partial charge in [-0.05, 0) is 126 Å². The molecule has 0 radical (unpaired) electrons. The van der Waals surface area contributed by atoms with Crippen molar-refractivity contribution in [2.45, 2.75) is 83.2 Å². The third-order valence-corrected chi connectivity index (χ3v) is 10.7. The zero-order chi connectivity index (χ0) is 33.6. The summed E-state index contributed by atoms with van der Waals surface area (Å²) in [6.07, 6.45) is 9.79. The molecule has 1 spiro atoms. The Kier molecular flexibility index (Phi) is 8.53. The van der Waals surface area contributed by atoms with E-state index in [1.54, 1.807) is 29.6 Å². The number of hydrogen-bond acceptors (Lipinski definition) is 7. The molecule has 252 valence electrons. The van der Waals surface area contributed by atoms with E-state index in [0.717, 1.165) is 88.2 Å². The number of halogens is 1. The molecule has 0 atom stereocenters. The van der Waals surface area contributed by atoms with Gasteiger partial charge in [0.15, 0.2) is 11.6 Å². The van der Waals surface area contributed by atoms with Crippen molar-refractivity contribution >= 4 is 11.9 Å². The minimum atomic E-state index is -0.808. The Bertz CT molecular complexity index is 1710. The van der Waals surface area contributed by atoms with E-state index in [0.29, 0.717) is 34.5 Å². The van der Waals surface area contributed by atoms with Crippen LogP contribution in [-0.2, 0) is 0 Å². The third-order valence-electron chi connectivity index (χ3n) is 10.7. The van der Waals surface area contributed by atoms with Gasteiger partial charge in [-0.25, -0.2) is 19.2 Å². The fourth-order valence-corrected chi connectivity index (χ4v) is 8.37. The topological polar surface area (TPSA) is 106 Å². The van der Waals surface area contributed by atoms with Crippen LogP contribution in [0.2, 0.25) is 0 Å². The lowest BCUT2D eigenvalue weighted by atomic mass is 9.72. The second-order valence-electron chi connectivity index (χ2n) is 15.5. The molecule has 2 aliphatic heterocycles. The first kappa shape index (κ1) is 32.3. The highest BCUT2D eigenvalue weighted by Gasteiger charge is 2.52. The van der Waals surface area contributed by atoms with E-state index in [-0.39, 0.29) is 22.8 Å². The van der Waals surface area contributed by atoms with Crippen molar-refractivity contribution in [3.8, 4) is 28.7 Å². The molecule has 2 aliphatic carbocycles. The van der Waals surface area contributed by atoms with Gasteiger partial charge in [0, 0.05) is 48.7 Å². The maximum Gasteiger partial charge on any atom is 0.407 e. The van der Waals surface area contributed by atoms with Gasteiger partial charge in [0.2, 0.25) is 0 Å². The molecule has 1 N–H and O–H groups in total. The highest BCUT2D eigenvalue weighted by Crippen LogP contribution is 2.48. The molecule has 9 nitrogen and oxygen atoms in total. The second-order valence-corrected chi connectivity index (χ2v) is 15.5. The van der Waals surface area contributed by atoms with Crippen LogP contribution in [0.5, 0.6) is 11.5 Å². The van der Waals surface area contributed by atoms with Crippen LogP contribution in [0.4, 0.5) is 15.0 Å². The summed E-state index contributed by atoms with van der Waals surface area (Å²) >= 11 is 0. The summed E-state index contributed by atoms with van der Waals surface area (Å²) in [5, 5.41) is 19.3. The first-order valence-corrected chi connectivity index (χ1v) is 17.3. The highest BCUT2D eigenvalue weighted by molar-refractivity contribution is 5.76. The Morgan fingerprint density at radius 3 is 2.46 bits per heavy atom. The predicted octanol–water partition coefficient (Wildman–Crippen LogP) is 7.67. The number of aromatic nitrogens is 2. The van der Waals surface area contributed by atoms with E-state index >= 15 is 0 Å². The van der Waals surface area contributed by atoms with Gasteiger partial charge in [-0.15, -0.1) is 0 Å². The van der Waals surface area contributed by atoms with Crippen LogP contribution < -0.4 is 9.64 Å². The van der Waals surface area contributed by atoms with Crippen LogP contribution in [0.3, 0.4) is 0 Å². The molecule has 7 rings (SSSR count). The maximum absolute atomic E-state index is 14.6. The van der Waals surface area contributed by atoms with Crippen LogP contribution in [0.1, 0.15) is 82.8 Å². The summed E-state index contributed by atoms with van der Waals surface area (Å²) in [6, 6.07) is 12.5. The lowest BCUT2D eigenvalue weighted by Crippen LogP contribution is -2.72. The van der Waals surface area contributed by atoms with Crippen molar-refractivity contribution in [3.63, 3.8) is 0 Å². The molecule has 0 unspecified atom stereocenters. The van der Waals surface area contributed by atoms with Crippen molar-refractivity contribution in [1.29, 1.82) is 5.26 Å². The number of anilines is 1. The molecule has 1 amide bonds. The number of likely N-dealkylation sites (tertiary alicyclic amines) is 1. The van der Waals surface area contributed by atoms with Crippen molar-refractivity contribution in [2.24, 2.45) is 11.3 Å². The summed E-state index contributed by atoms with van der Waals surface area (Å²) in [5.41, 5.74) is 3.10. The molecule has 48 heavy (non-hydrogen) atoms. The Labute approximate surface area is 282 Å². The first-order valence-electron chi connectivity index (χ1n) is 17.3. The predicted molar refractivity (Wildman–Crippen MR) is 182 cm³/mol. The molecule has 3 heterocycles. The monoisotopic (exact) mass is 652 g/mol. The summed E-state index contributed by atoms with van der Waals surface area (Å²) in [5.74, 6) is 2.51. The number of amides is 1. The van der Waals surface area contributed by atoms with Gasteiger partial charge in [-0.1, -0.05) is 6.07 Å². The molecule has 1 aromatic heterocycles. The van der Waals surface area contributed by atoms with Crippen LogP contribution >= 0.6 is 0 Å². The minimum Gasteiger partial charge on any atom is -0.465 e. The maximum atomic E-state index is 14.6. The summed E-state index contributed by atoms with van der Waals surface area (Å²) < 4.78 is 21.1. The van der Waals surface area contributed by atoms with Crippen molar-refractivity contribution in [1.82, 2.24) is 19.8 Å². The number of nitriles is 1. The molecule has 2 saturated carbocycles. The molecule has 10 heteroatoms. The number of benzene rings is 2. The number of hydrogen-bond donors (Lipinski definition) is 1. The normalized spacial score (nSPS) is 22.0. The second kappa shape index (κ2) is 12.7.